The third-order valence-corrected chi connectivity index (χ3v) is 5.40. The monoisotopic (exact) mass is 335 g/mol. The molecular formula is C16H15F2N3OS. The summed E-state index contributed by atoms with van der Waals surface area (Å²) >= 11 is 1.28. The summed E-state index contributed by atoms with van der Waals surface area (Å²) in [5.41, 5.74) is 1.03. The average Bonchev–Trinajstić information content (AvgIpc) is 3.33. The first-order valence-electron chi connectivity index (χ1n) is 7.47. The van der Waals surface area contributed by atoms with Crippen molar-refractivity contribution in [2.24, 2.45) is 5.41 Å². The van der Waals surface area contributed by atoms with E-state index in [9.17, 15) is 13.6 Å². The molecule has 2 aliphatic rings. The maximum absolute atomic E-state index is 13.2. The first kappa shape index (κ1) is 14.6. The van der Waals surface area contributed by atoms with Gasteiger partial charge in [-0.1, -0.05) is 0 Å². The molecular weight excluding hydrogens is 320 g/mol. The fourth-order valence-electron chi connectivity index (χ4n) is 2.90. The summed E-state index contributed by atoms with van der Waals surface area (Å²) < 4.78 is 26.4. The first-order valence-corrected chi connectivity index (χ1v) is 8.28. The second-order valence-corrected chi connectivity index (χ2v) is 7.50. The maximum Gasteiger partial charge on any atom is 0.271 e. The van der Waals surface area contributed by atoms with Gasteiger partial charge >= 0.3 is 0 Å². The summed E-state index contributed by atoms with van der Waals surface area (Å²) in [5.74, 6) is -1.50. The van der Waals surface area contributed by atoms with E-state index in [1.54, 1.807) is 0 Å². The van der Waals surface area contributed by atoms with Crippen LogP contribution in [0.1, 0.15) is 34.6 Å². The number of rotatable bonds is 4. The van der Waals surface area contributed by atoms with E-state index in [4.69, 9.17) is 0 Å². The number of hydrogen-bond acceptors (Lipinski definition) is 4. The van der Waals surface area contributed by atoms with E-state index in [0.717, 1.165) is 17.4 Å². The number of benzene rings is 1. The Morgan fingerprint density at radius 1 is 1.30 bits per heavy atom. The Balaban J connectivity index is 1.48. The lowest BCUT2D eigenvalue weighted by Crippen LogP contribution is -2.27. The number of nitrogens with one attached hydrogen (secondary N) is 2. The lowest BCUT2D eigenvalue weighted by molar-refractivity contribution is 0.0943. The molecule has 1 heterocycles. The van der Waals surface area contributed by atoms with E-state index < -0.39 is 11.6 Å². The molecule has 7 heteroatoms. The molecule has 1 spiro atoms. The molecule has 1 unspecified atom stereocenters. The Kier molecular flexibility index (Phi) is 3.16. The number of anilines is 2. The first-order chi connectivity index (χ1) is 10.9. The molecule has 4 nitrogen and oxygen atoms in total. The highest BCUT2D eigenvalue weighted by Crippen LogP contribution is 2.65. The van der Waals surface area contributed by atoms with Crippen molar-refractivity contribution in [3.8, 4) is 0 Å². The summed E-state index contributed by atoms with van der Waals surface area (Å²) in [7, 11) is 0. The Hall–Kier alpha value is -2.02. The molecule has 0 radical (unpaired) electrons. The van der Waals surface area contributed by atoms with Crippen LogP contribution in [0.2, 0.25) is 0 Å². The van der Waals surface area contributed by atoms with E-state index in [2.05, 4.69) is 15.6 Å². The van der Waals surface area contributed by atoms with Crippen LogP contribution in [0, 0.1) is 24.0 Å². The third-order valence-electron chi connectivity index (χ3n) is 4.51. The molecule has 2 fully saturated rings. The number of aromatic nitrogens is 1. The molecule has 0 saturated heterocycles. The zero-order valence-corrected chi connectivity index (χ0v) is 13.3. The highest BCUT2D eigenvalue weighted by atomic mass is 32.1. The van der Waals surface area contributed by atoms with Gasteiger partial charge < -0.3 is 10.6 Å². The van der Waals surface area contributed by atoms with Crippen molar-refractivity contribution in [3.05, 3.63) is 40.4 Å². The molecule has 1 aromatic carbocycles. The minimum Gasteiger partial charge on any atom is -0.347 e. The fraction of sp³-hybridized carbons (Fsp3) is 0.375. The summed E-state index contributed by atoms with van der Waals surface area (Å²) in [6.07, 6.45) is 3.47. The van der Waals surface area contributed by atoms with Gasteiger partial charge in [-0.3, -0.25) is 4.79 Å². The topological polar surface area (TPSA) is 54.0 Å². The van der Waals surface area contributed by atoms with Crippen LogP contribution in [-0.4, -0.2) is 16.9 Å². The van der Waals surface area contributed by atoms with Crippen LogP contribution >= 0.6 is 11.3 Å². The van der Waals surface area contributed by atoms with Crippen LogP contribution in [0.4, 0.5) is 19.6 Å². The highest BCUT2D eigenvalue weighted by Gasteiger charge is 2.63. The minimum atomic E-state index is -0.665. The number of carbonyl (C=O) groups excluding carboxylic acids is 1. The Morgan fingerprint density at radius 3 is 2.61 bits per heavy atom. The van der Waals surface area contributed by atoms with Gasteiger partial charge in [-0.05, 0) is 43.7 Å². The van der Waals surface area contributed by atoms with E-state index in [-0.39, 0.29) is 17.6 Å². The number of halogens is 2. The molecule has 0 aliphatic heterocycles. The van der Waals surface area contributed by atoms with Gasteiger partial charge in [0, 0.05) is 22.7 Å². The predicted octanol–water partition coefficient (Wildman–Crippen LogP) is 3.76. The van der Waals surface area contributed by atoms with E-state index in [0.29, 0.717) is 16.2 Å². The molecule has 4 rings (SSSR count). The van der Waals surface area contributed by atoms with Gasteiger partial charge in [0.1, 0.15) is 17.3 Å². The van der Waals surface area contributed by atoms with Crippen molar-refractivity contribution in [2.75, 3.05) is 5.32 Å². The molecule has 2 saturated carbocycles. The Morgan fingerprint density at radius 2 is 2.00 bits per heavy atom. The molecule has 2 N–H and O–H groups in total. The van der Waals surface area contributed by atoms with Gasteiger partial charge in [-0.25, -0.2) is 13.8 Å². The van der Waals surface area contributed by atoms with Gasteiger partial charge in [0.05, 0.1) is 0 Å². The largest absolute Gasteiger partial charge is 0.347 e. The molecule has 1 aromatic heterocycles. The Labute approximate surface area is 135 Å². The minimum absolute atomic E-state index is 0.175. The van der Waals surface area contributed by atoms with Gasteiger partial charge in [0.2, 0.25) is 0 Å². The van der Waals surface area contributed by atoms with E-state index in [1.807, 2.05) is 6.92 Å². The van der Waals surface area contributed by atoms with Crippen molar-refractivity contribution < 1.29 is 13.6 Å². The quantitative estimate of drug-likeness (QED) is 0.894. The van der Waals surface area contributed by atoms with E-state index >= 15 is 0 Å². The SMILES string of the molecule is Cc1sc(Nc2cc(F)cc(F)c2)nc1C(=O)NC1CC12CC2. The van der Waals surface area contributed by atoms with Gasteiger partial charge in [0.15, 0.2) is 5.13 Å². The molecule has 1 atom stereocenters. The van der Waals surface area contributed by atoms with Crippen LogP contribution in [-0.2, 0) is 0 Å². The van der Waals surface area contributed by atoms with Crippen molar-refractivity contribution in [2.45, 2.75) is 32.2 Å². The second-order valence-electron chi connectivity index (χ2n) is 6.30. The van der Waals surface area contributed by atoms with Crippen molar-refractivity contribution in [1.82, 2.24) is 10.3 Å². The summed E-state index contributed by atoms with van der Waals surface area (Å²) in [6, 6.07) is 3.45. The van der Waals surface area contributed by atoms with Crippen LogP contribution in [0.5, 0.6) is 0 Å². The number of thiazole rings is 1. The van der Waals surface area contributed by atoms with E-state index in [1.165, 1.54) is 36.3 Å². The average molecular weight is 335 g/mol. The predicted molar refractivity (Wildman–Crippen MR) is 84.0 cm³/mol. The van der Waals surface area contributed by atoms with Crippen LogP contribution in [0.3, 0.4) is 0 Å². The van der Waals surface area contributed by atoms with Gasteiger partial charge in [-0.15, -0.1) is 11.3 Å². The fourth-order valence-corrected chi connectivity index (χ4v) is 3.73. The van der Waals surface area contributed by atoms with Crippen molar-refractivity contribution >= 4 is 28.1 Å². The third kappa shape index (κ3) is 2.81. The molecule has 0 bridgehead atoms. The van der Waals surface area contributed by atoms with Gasteiger partial charge in [0.25, 0.3) is 5.91 Å². The molecule has 120 valence electrons. The van der Waals surface area contributed by atoms with Crippen molar-refractivity contribution in [3.63, 3.8) is 0 Å². The van der Waals surface area contributed by atoms with Crippen LogP contribution in [0.15, 0.2) is 18.2 Å². The summed E-state index contributed by atoms with van der Waals surface area (Å²) in [5, 5.41) is 6.30. The number of amides is 1. The smallest absolute Gasteiger partial charge is 0.271 e. The number of nitrogens with zero attached hydrogens (tertiary/aromatic N) is 1. The maximum atomic E-state index is 13.2. The summed E-state index contributed by atoms with van der Waals surface area (Å²) in [6.45, 7) is 1.81. The number of aryl methyl sites for hydroxylation is 1. The highest BCUT2D eigenvalue weighted by molar-refractivity contribution is 7.15. The Bertz CT molecular complexity index is 780. The lowest BCUT2D eigenvalue weighted by atomic mass is 10.3. The second kappa shape index (κ2) is 4.99. The molecule has 2 aromatic rings. The summed E-state index contributed by atoms with van der Waals surface area (Å²) in [4.78, 5) is 17.3. The standard InChI is InChI=1S/C16H15F2N3OS/c1-8-13(14(22)20-12-7-16(12)2-3-16)21-15(23-8)19-11-5-9(17)4-10(18)6-11/h4-6,12H,2-3,7H2,1H3,(H,19,21)(H,20,22). The number of carbonyl (C=O) groups is 1. The van der Waals surface area contributed by atoms with Crippen LogP contribution in [0.25, 0.3) is 0 Å². The molecule has 2 aliphatic carbocycles. The zero-order valence-electron chi connectivity index (χ0n) is 12.5. The number of hydrogen-bond donors (Lipinski definition) is 2. The van der Waals surface area contributed by atoms with Crippen LogP contribution < -0.4 is 10.6 Å². The lowest BCUT2D eigenvalue weighted by Gasteiger charge is -2.03. The molecule has 23 heavy (non-hydrogen) atoms. The van der Waals surface area contributed by atoms with Crippen molar-refractivity contribution in [1.29, 1.82) is 0 Å². The normalized spacial score (nSPS) is 20.4. The molecule has 1 amide bonds. The zero-order chi connectivity index (χ0) is 16.2. The van der Waals surface area contributed by atoms with Gasteiger partial charge in [-0.2, -0.15) is 0 Å².